The second-order valence-corrected chi connectivity index (χ2v) is 4.43. The number of morpholine rings is 1. The van der Waals surface area contributed by atoms with Crippen LogP contribution >= 0.6 is 0 Å². The molecule has 0 radical (unpaired) electrons. The highest BCUT2D eigenvalue weighted by molar-refractivity contribution is 5.55. The molecule has 0 saturated carbocycles. The van der Waals surface area contributed by atoms with Crippen LogP contribution in [0, 0.1) is 0 Å². The third kappa shape index (κ3) is 3.63. The molecule has 0 unspecified atom stereocenters. The van der Waals surface area contributed by atoms with Crippen molar-refractivity contribution in [2.45, 2.75) is 19.8 Å². The number of rotatable bonds is 5. The Bertz CT molecular complexity index is 317. The van der Waals surface area contributed by atoms with E-state index >= 15 is 0 Å². The molecule has 0 amide bonds. The van der Waals surface area contributed by atoms with Crippen LogP contribution in [-0.2, 0) is 4.74 Å². The smallest absolute Gasteiger partial charge is 0.0642 e. The molecule has 1 aliphatic rings. The fraction of sp³-hybridized carbons (Fsp3) is 0.571. The minimum Gasteiger partial charge on any atom is -0.385 e. The van der Waals surface area contributed by atoms with Crippen LogP contribution in [0.3, 0.4) is 0 Å². The molecule has 0 aliphatic carbocycles. The molecule has 3 nitrogen and oxygen atoms in total. The van der Waals surface area contributed by atoms with E-state index in [1.54, 1.807) is 0 Å². The first-order valence-electron chi connectivity index (χ1n) is 6.57. The third-order valence-electron chi connectivity index (χ3n) is 3.10. The summed E-state index contributed by atoms with van der Waals surface area (Å²) in [7, 11) is 0. The molecule has 2 rings (SSSR count). The number of ether oxygens (including phenoxy) is 1. The van der Waals surface area contributed by atoms with Gasteiger partial charge in [-0.05, 0) is 30.7 Å². The highest BCUT2D eigenvalue weighted by atomic mass is 16.5. The van der Waals surface area contributed by atoms with Crippen molar-refractivity contribution in [3.63, 3.8) is 0 Å². The van der Waals surface area contributed by atoms with Crippen LogP contribution in [0.4, 0.5) is 11.4 Å². The first-order valence-corrected chi connectivity index (χ1v) is 6.57. The van der Waals surface area contributed by atoms with Crippen molar-refractivity contribution in [3.8, 4) is 0 Å². The van der Waals surface area contributed by atoms with Crippen LogP contribution in [0.15, 0.2) is 24.3 Å². The second kappa shape index (κ2) is 6.50. The van der Waals surface area contributed by atoms with Gasteiger partial charge in [-0.2, -0.15) is 0 Å². The molecule has 3 heteroatoms. The van der Waals surface area contributed by atoms with Gasteiger partial charge >= 0.3 is 0 Å². The van der Waals surface area contributed by atoms with Crippen LogP contribution in [0.2, 0.25) is 0 Å². The molecular formula is C14H22N2O. The molecule has 1 heterocycles. The SMILES string of the molecule is CCCCNc1ccc(N2CCOCC2)cc1. The molecule has 0 aromatic heterocycles. The van der Waals surface area contributed by atoms with Crippen molar-refractivity contribution in [1.82, 2.24) is 0 Å². The van der Waals surface area contributed by atoms with Crippen LogP contribution in [0.1, 0.15) is 19.8 Å². The molecule has 1 saturated heterocycles. The van der Waals surface area contributed by atoms with Gasteiger partial charge in [-0.15, -0.1) is 0 Å². The quantitative estimate of drug-likeness (QED) is 0.793. The minimum absolute atomic E-state index is 0.844. The van der Waals surface area contributed by atoms with Crippen molar-refractivity contribution < 1.29 is 4.74 Å². The van der Waals surface area contributed by atoms with E-state index in [1.807, 2.05) is 0 Å². The lowest BCUT2D eigenvalue weighted by atomic mass is 10.2. The second-order valence-electron chi connectivity index (χ2n) is 4.43. The fourth-order valence-corrected chi connectivity index (χ4v) is 2.02. The molecular weight excluding hydrogens is 212 g/mol. The van der Waals surface area contributed by atoms with Crippen molar-refractivity contribution in [3.05, 3.63) is 24.3 Å². The van der Waals surface area contributed by atoms with Crippen molar-refractivity contribution >= 4 is 11.4 Å². The summed E-state index contributed by atoms with van der Waals surface area (Å²) in [6, 6.07) is 8.72. The minimum atomic E-state index is 0.844. The van der Waals surface area contributed by atoms with Gasteiger partial charge in [-0.1, -0.05) is 13.3 Å². The molecule has 0 atom stereocenters. The van der Waals surface area contributed by atoms with Crippen molar-refractivity contribution in [2.75, 3.05) is 43.1 Å². The average Bonchev–Trinajstić information content (AvgIpc) is 2.41. The van der Waals surface area contributed by atoms with E-state index in [4.69, 9.17) is 4.74 Å². The highest BCUT2D eigenvalue weighted by Crippen LogP contribution is 2.18. The number of unbranched alkanes of at least 4 members (excludes halogenated alkanes) is 1. The Morgan fingerprint density at radius 2 is 1.88 bits per heavy atom. The zero-order valence-corrected chi connectivity index (χ0v) is 10.6. The van der Waals surface area contributed by atoms with Gasteiger partial charge in [-0.3, -0.25) is 0 Å². The van der Waals surface area contributed by atoms with Crippen LogP contribution < -0.4 is 10.2 Å². The maximum atomic E-state index is 5.36. The maximum Gasteiger partial charge on any atom is 0.0642 e. The molecule has 0 bridgehead atoms. The summed E-state index contributed by atoms with van der Waals surface area (Å²) in [6.07, 6.45) is 2.46. The Hall–Kier alpha value is -1.22. The van der Waals surface area contributed by atoms with Gasteiger partial charge in [0.25, 0.3) is 0 Å². The van der Waals surface area contributed by atoms with Gasteiger partial charge in [0.05, 0.1) is 13.2 Å². The van der Waals surface area contributed by atoms with E-state index < -0.39 is 0 Å². The molecule has 1 aliphatic heterocycles. The number of hydrogen-bond donors (Lipinski definition) is 1. The Morgan fingerprint density at radius 1 is 1.18 bits per heavy atom. The number of hydrogen-bond acceptors (Lipinski definition) is 3. The third-order valence-corrected chi connectivity index (χ3v) is 3.10. The first kappa shape index (κ1) is 12.2. The van der Waals surface area contributed by atoms with Gasteiger partial charge < -0.3 is 15.0 Å². The predicted octanol–water partition coefficient (Wildman–Crippen LogP) is 2.74. The molecule has 1 aromatic carbocycles. The van der Waals surface area contributed by atoms with Gasteiger partial charge in [0.15, 0.2) is 0 Å². The Balaban J connectivity index is 1.88. The zero-order chi connectivity index (χ0) is 11.9. The normalized spacial score (nSPS) is 15.9. The summed E-state index contributed by atoms with van der Waals surface area (Å²) in [6.45, 7) is 6.97. The summed E-state index contributed by atoms with van der Waals surface area (Å²) in [4.78, 5) is 2.37. The number of nitrogens with zero attached hydrogens (tertiary/aromatic N) is 1. The van der Waals surface area contributed by atoms with E-state index in [0.29, 0.717) is 0 Å². The zero-order valence-electron chi connectivity index (χ0n) is 10.6. The molecule has 0 spiro atoms. The van der Waals surface area contributed by atoms with Gasteiger partial charge in [0.2, 0.25) is 0 Å². The van der Waals surface area contributed by atoms with Crippen LogP contribution in [0.25, 0.3) is 0 Å². The largest absolute Gasteiger partial charge is 0.385 e. The topological polar surface area (TPSA) is 24.5 Å². The van der Waals surface area contributed by atoms with E-state index in [2.05, 4.69) is 41.4 Å². The Labute approximate surface area is 104 Å². The predicted molar refractivity (Wildman–Crippen MR) is 72.9 cm³/mol. The van der Waals surface area contributed by atoms with Gasteiger partial charge in [0.1, 0.15) is 0 Å². The lowest BCUT2D eigenvalue weighted by molar-refractivity contribution is 0.122. The molecule has 1 N–H and O–H groups in total. The maximum absolute atomic E-state index is 5.36. The van der Waals surface area contributed by atoms with E-state index in [-0.39, 0.29) is 0 Å². The lowest BCUT2D eigenvalue weighted by Gasteiger charge is -2.28. The summed E-state index contributed by atoms with van der Waals surface area (Å²) in [5, 5.41) is 3.43. The molecule has 94 valence electrons. The van der Waals surface area contributed by atoms with E-state index in [1.165, 1.54) is 24.2 Å². The number of benzene rings is 1. The lowest BCUT2D eigenvalue weighted by Crippen LogP contribution is -2.36. The van der Waals surface area contributed by atoms with E-state index in [9.17, 15) is 0 Å². The van der Waals surface area contributed by atoms with Crippen molar-refractivity contribution in [2.24, 2.45) is 0 Å². The summed E-state index contributed by atoms with van der Waals surface area (Å²) >= 11 is 0. The number of nitrogens with one attached hydrogen (secondary N) is 1. The molecule has 1 aromatic rings. The average molecular weight is 234 g/mol. The first-order chi connectivity index (χ1) is 8.40. The number of anilines is 2. The van der Waals surface area contributed by atoms with Gasteiger partial charge in [0, 0.05) is 31.0 Å². The van der Waals surface area contributed by atoms with Crippen LogP contribution in [-0.4, -0.2) is 32.8 Å². The monoisotopic (exact) mass is 234 g/mol. The Morgan fingerprint density at radius 3 is 2.53 bits per heavy atom. The van der Waals surface area contributed by atoms with E-state index in [0.717, 1.165) is 32.8 Å². The van der Waals surface area contributed by atoms with Crippen molar-refractivity contribution in [1.29, 1.82) is 0 Å². The van der Waals surface area contributed by atoms with Crippen LogP contribution in [0.5, 0.6) is 0 Å². The fourth-order valence-electron chi connectivity index (χ4n) is 2.02. The summed E-state index contributed by atoms with van der Waals surface area (Å²) in [5.74, 6) is 0. The Kier molecular flexibility index (Phi) is 4.68. The molecule has 17 heavy (non-hydrogen) atoms. The van der Waals surface area contributed by atoms with Gasteiger partial charge in [-0.25, -0.2) is 0 Å². The standard InChI is InChI=1S/C14H22N2O/c1-2-3-8-15-13-4-6-14(7-5-13)16-9-11-17-12-10-16/h4-7,15H,2-3,8-12H2,1H3. The highest BCUT2D eigenvalue weighted by Gasteiger charge is 2.10. The molecule has 1 fully saturated rings. The summed E-state index contributed by atoms with van der Waals surface area (Å²) in [5.41, 5.74) is 2.52. The summed E-state index contributed by atoms with van der Waals surface area (Å²) < 4.78 is 5.36.